The van der Waals surface area contributed by atoms with Gasteiger partial charge < -0.3 is 0 Å². The van der Waals surface area contributed by atoms with Crippen LogP contribution in [0, 0.1) is 0 Å². The van der Waals surface area contributed by atoms with Gasteiger partial charge in [-0.05, 0) is 25.0 Å². The van der Waals surface area contributed by atoms with Crippen LogP contribution in [0.1, 0.15) is 36.0 Å². The van der Waals surface area contributed by atoms with Gasteiger partial charge in [-0.3, -0.25) is 4.79 Å². The van der Waals surface area contributed by atoms with Crippen molar-refractivity contribution in [1.82, 2.24) is 0 Å². The summed E-state index contributed by atoms with van der Waals surface area (Å²) in [6, 6.07) is 7.56. The second kappa shape index (κ2) is 7.18. The Labute approximate surface area is 108 Å². The van der Waals surface area contributed by atoms with Crippen molar-refractivity contribution in [3.8, 4) is 0 Å². The first-order valence-corrected chi connectivity index (χ1v) is 7.00. The van der Waals surface area contributed by atoms with Crippen LogP contribution in [0.4, 0.5) is 0 Å². The molecule has 0 atom stereocenters. The number of ketones is 1. The van der Waals surface area contributed by atoms with Crippen LogP contribution in [0.5, 0.6) is 0 Å². The highest BCUT2D eigenvalue weighted by molar-refractivity contribution is 9.10. The van der Waals surface area contributed by atoms with Crippen molar-refractivity contribution in [1.29, 1.82) is 0 Å². The van der Waals surface area contributed by atoms with Gasteiger partial charge in [0.15, 0.2) is 5.78 Å². The molecule has 0 N–H and O–H groups in total. The Morgan fingerprint density at radius 2 is 1.73 bits per heavy atom. The molecule has 15 heavy (non-hydrogen) atoms. The highest BCUT2D eigenvalue weighted by Gasteiger charge is 2.04. The minimum Gasteiger partial charge on any atom is -0.294 e. The van der Waals surface area contributed by atoms with Crippen molar-refractivity contribution in [2.24, 2.45) is 0 Å². The van der Waals surface area contributed by atoms with Gasteiger partial charge in [0.2, 0.25) is 0 Å². The smallest absolute Gasteiger partial charge is 0.162 e. The summed E-state index contributed by atoms with van der Waals surface area (Å²) in [5.74, 6) is 0.247. The zero-order chi connectivity index (χ0) is 11.1. The fourth-order valence-electron chi connectivity index (χ4n) is 1.34. The summed E-state index contributed by atoms with van der Waals surface area (Å²) in [7, 11) is 0. The number of hydrogen-bond acceptors (Lipinski definition) is 1. The topological polar surface area (TPSA) is 17.1 Å². The first kappa shape index (κ1) is 12.9. The van der Waals surface area contributed by atoms with Crippen LogP contribution in [-0.4, -0.2) is 11.1 Å². The Balaban J connectivity index is 2.37. The third-order valence-corrected chi connectivity index (χ3v) is 3.29. The third kappa shape index (κ3) is 4.94. The molecule has 0 radical (unpaired) electrons. The Morgan fingerprint density at radius 3 is 2.33 bits per heavy atom. The molecule has 1 aromatic carbocycles. The van der Waals surface area contributed by atoms with Crippen LogP contribution in [0.3, 0.4) is 0 Å². The molecular weight excluding hydrogens is 320 g/mol. The van der Waals surface area contributed by atoms with E-state index in [4.69, 9.17) is 0 Å². The van der Waals surface area contributed by atoms with E-state index in [9.17, 15) is 4.79 Å². The molecule has 0 aliphatic heterocycles. The van der Waals surface area contributed by atoms with E-state index in [-0.39, 0.29) is 5.78 Å². The lowest BCUT2D eigenvalue weighted by atomic mass is 10.1. The molecule has 0 bridgehead atoms. The fraction of sp³-hybridized carbons (Fsp3) is 0.417. The maximum Gasteiger partial charge on any atom is 0.162 e. The van der Waals surface area contributed by atoms with E-state index >= 15 is 0 Å². The van der Waals surface area contributed by atoms with E-state index in [1.54, 1.807) is 0 Å². The van der Waals surface area contributed by atoms with Gasteiger partial charge in [-0.1, -0.05) is 50.4 Å². The number of benzene rings is 1. The molecule has 0 heterocycles. The summed E-state index contributed by atoms with van der Waals surface area (Å²) in [6.07, 6.45) is 3.91. The maximum absolute atomic E-state index is 11.7. The quantitative estimate of drug-likeness (QED) is 0.423. The molecule has 0 aromatic heterocycles. The van der Waals surface area contributed by atoms with Gasteiger partial charge in [0.25, 0.3) is 0 Å². The molecule has 0 amide bonds. The lowest BCUT2D eigenvalue weighted by Crippen LogP contribution is -1.98. The molecule has 3 heteroatoms. The monoisotopic (exact) mass is 332 g/mol. The largest absolute Gasteiger partial charge is 0.294 e. The molecule has 1 rings (SSSR count). The zero-order valence-corrected chi connectivity index (χ0v) is 11.7. The van der Waals surface area contributed by atoms with Crippen LogP contribution >= 0.6 is 31.9 Å². The predicted molar refractivity (Wildman–Crippen MR) is 70.7 cm³/mol. The van der Waals surface area contributed by atoms with E-state index < -0.39 is 0 Å². The lowest BCUT2D eigenvalue weighted by molar-refractivity contribution is 0.0979. The lowest BCUT2D eigenvalue weighted by Gasteiger charge is -2.00. The molecule has 0 fully saturated rings. The van der Waals surface area contributed by atoms with E-state index in [2.05, 4.69) is 31.9 Å². The minimum atomic E-state index is 0.247. The van der Waals surface area contributed by atoms with Gasteiger partial charge >= 0.3 is 0 Å². The Kier molecular flexibility index (Phi) is 6.18. The predicted octanol–water partition coefficient (Wildman–Crippen LogP) is 4.59. The molecule has 0 spiro atoms. The van der Waals surface area contributed by atoms with Gasteiger partial charge in [0.1, 0.15) is 0 Å². The average molecular weight is 334 g/mol. The summed E-state index contributed by atoms with van der Waals surface area (Å²) in [4.78, 5) is 11.7. The molecular formula is C12H14Br2O. The van der Waals surface area contributed by atoms with Crippen molar-refractivity contribution < 1.29 is 4.79 Å². The molecule has 0 saturated heterocycles. The average Bonchev–Trinajstić information content (AvgIpc) is 2.25. The van der Waals surface area contributed by atoms with Crippen LogP contribution in [0.2, 0.25) is 0 Å². The fourth-order valence-corrected chi connectivity index (χ4v) is 2.00. The number of rotatable bonds is 6. The Bertz CT molecular complexity index is 306. The summed E-state index contributed by atoms with van der Waals surface area (Å²) >= 11 is 6.73. The van der Waals surface area contributed by atoms with Gasteiger partial charge in [0, 0.05) is 21.8 Å². The van der Waals surface area contributed by atoms with Gasteiger partial charge in [-0.25, -0.2) is 0 Å². The molecule has 0 unspecified atom stereocenters. The SMILES string of the molecule is O=C(CCCCCBr)c1ccc(Br)cc1. The molecule has 0 aliphatic carbocycles. The van der Waals surface area contributed by atoms with Crippen molar-refractivity contribution >= 4 is 37.6 Å². The van der Waals surface area contributed by atoms with Crippen molar-refractivity contribution in [2.75, 3.05) is 5.33 Å². The number of carbonyl (C=O) groups excluding carboxylic acids is 1. The number of unbranched alkanes of at least 4 members (excludes halogenated alkanes) is 2. The van der Waals surface area contributed by atoms with Crippen LogP contribution in [0.15, 0.2) is 28.7 Å². The third-order valence-electron chi connectivity index (χ3n) is 2.20. The summed E-state index contributed by atoms with van der Waals surface area (Å²) < 4.78 is 1.01. The molecule has 0 aliphatic rings. The van der Waals surface area contributed by atoms with Crippen LogP contribution in [0.25, 0.3) is 0 Å². The minimum absolute atomic E-state index is 0.247. The van der Waals surface area contributed by atoms with Crippen molar-refractivity contribution in [2.45, 2.75) is 25.7 Å². The maximum atomic E-state index is 11.7. The first-order valence-electron chi connectivity index (χ1n) is 5.09. The second-order valence-electron chi connectivity index (χ2n) is 3.43. The number of carbonyl (C=O) groups is 1. The van der Waals surface area contributed by atoms with Crippen molar-refractivity contribution in [3.63, 3.8) is 0 Å². The second-order valence-corrected chi connectivity index (χ2v) is 5.14. The van der Waals surface area contributed by atoms with Crippen molar-refractivity contribution in [3.05, 3.63) is 34.3 Å². The summed E-state index contributed by atoms with van der Waals surface area (Å²) in [5, 5.41) is 1.03. The number of halogens is 2. The number of hydrogen-bond donors (Lipinski definition) is 0. The summed E-state index contributed by atoms with van der Waals surface area (Å²) in [5.41, 5.74) is 0.817. The van der Waals surface area contributed by atoms with E-state index in [1.165, 1.54) is 0 Å². The standard InChI is InChI=1S/C12H14Br2O/c13-9-3-1-2-4-12(15)10-5-7-11(14)8-6-10/h5-8H,1-4,9H2. The van der Waals surface area contributed by atoms with Crippen LogP contribution < -0.4 is 0 Å². The van der Waals surface area contributed by atoms with Gasteiger partial charge in [-0.2, -0.15) is 0 Å². The molecule has 1 nitrogen and oxygen atoms in total. The van der Waals surface area contributed by atoms with Crippen LogP contribution in [-0.2, 0) is 0 Å². The number of alkyl halides is 1. The van der Waals surface area contributed by atoms with E-state index in [0.717, 1.165) is 34.6 Å². The van der Waals surface area contributed by atoms with Gasteiger partial charge in [0.05, 0.1) is 0 Å². The van der Waals surface area contributed by atoms with E-state index in [1.807, 2.05) is 24.3 Å². The molecule has 82 valence electrons. The molecule has 1 aromatic rings. The first-order chi connectivity index (χ1) is 7.24. The Hall–Kier alpha value is -0.150. The summed E-state index contributed by atoms with van der Waals surface area (Å²) in [6.45, 7) is 0. The highest BCUT2D eigenvalue weighted by atomic mass is 79.9. The normalized spacial score (nSPS) is 10.3. The zero-order valence-electron chi connectivity index (χ0n) is 8.51. The van der Waals surface area contributed by atoms with Gasteiger partial charge in [-0.15, -0.1) is 0 Å². The van der Waals surface area contributed by atoms with E-state index in [0.29, 0.717) is 6.42 Å². The number of Topliss-reactive ketones (excluding diaryl/α,β-unsaturated/α-hetero) is 1. The molecule has 0 saturated carbocycles. The Morgan fingerprint density at radius 1 is 1.07 bits per heavy atom. The highest BCUT2D eigenvalue weighted by Crippen LogP contribution is 2.13.